The Balaban J connectivity index is 1.88. The minimum absolute atomic E-state index is 0.0374. The molecule has 0 spiro atoms. The molecule has 10 nitrogen and oxygen atoms in total. The lowest BCUT2D eigenvalue weighted by molar-refractivity contribution is -0.161. The molecule has 1 saturated heterocycles. The van der Waals surface area contributed by atoms with E-state index in [1.807, 2.05) is 30.3 Å². The van der Waals surface area contributed by atoms with Crippen LogP contribution in [0.2, 0.25) is 0 Å². The minimum atomic E-state index is -1.58. The van der Waals surface area contributed by atoms with Crippen LogP contribution in [0.1, 0.15) is 65.9 Å². The minimum Gasteiger partial charge on any atom is -0.453 e. The Kier molecular flexibility index (Phi) is 11.2. The summed E-state index contributed by atoms with van der Waals surface area (Å²) in [7, 11) is 0. The lowest BCUT2D eigenvalue weighted by atomic mass is 9.83. The second-order valence-corrected chi connectivity index (χ2v) is 14.0. The Morgan fingerprint density at radius 1 is 1.06 bits per heavy atom. The van der Waals surface area contributed by atoms with E-state index in [1.165, 1.54) is 22.9 Å². The summed E-state index contributed by atoms with van der Waals surface area (Å²) in [6, 6.07) is 10.9. The number of alkyl halides is 1. The summed E-state index contributed by atoms with van der Waals surface area (Å²) in [6.07, 6.45) is -1.50. The van der Waals surface area contributed by atoms with Crippen LogP contribution in [0.15, 0.2) is 54.7 Å². The van der Waals surface area contributed by atoms with Crippen LogP contribution in [0.25, 0.3) is 11.3 Å². The molecule has 0 N–H and O–H groups in total. The summed E-state index contributed by atoms with van der Waals surface area (Å²) in [6.45, 7) is 10.2. The van der Waals surface area contributed by atoms with E-state index in [4.69, 9.17) is 14.5 Å². The zero-order valence-corrected chi connectivity index (χ0v) is 28.8. The van der Waals surface area contributed by atoms with Gasteiger partial charge >= 0.3 is 12.1 Å². The molecule has 264 valence electrons. The standard InChI is InChI=1S/C36H43F3N4O6/c1-22(48-23(2)45)33(46)43(18-25-17-42(19-29(25)39)34(47)49-35(3,4)5)31(36(6,7)21-44)32-40-30(27-15-26(37)13-14-28(27)38)20-41(32)16-24-11-9-8-10-12-24/h8-15,20-22,25,29,31H,16-19H2,1-7H3/t22-,25-,29-,31-/m0/s1. The number of hydrogen-bond acceptors (Lipinski definition) is 7. The van der Waals surface area contributed by atoms with Crippen LogP contribution in [0.3, 0.4) is 0 Å². The van der Waals surface area contributed by atoms with Gasteiger partial charge in [0.15, 0.2) is 6.10 Å². The summed E-state index contributed by atoms with van der Waals surface area (Å²) in [5.41, 5.74) is -1.53. The number of halogens is 3. The first-order valence-corrected chi connectivity index (χ1v) is 16.0. The zero-order chi connectivity index (χ0) is 36.3. The third-order valence-electron chi connectivity index (χ3n) is 8.19. The molecule has 3 aromatic rings. The third kappa shape index (κ3) is 9.07. The number of esters is 1. The number of nitrogens with zero attached hydrogens (tertiary/aromatic N) is 4. The van der Waals surface area contributed by atoms with Gasteiger partial charge in [-0.2, -0.15) is 0 Å². The Hall–Kier alpha value is -4.68. The number of aromatic nitrogens is 2. The molecule has 2 aromatic carbocycles. The van der Waals surface area contributed by atoms with Gasteiger partial charge in [0, 0.05) is 49.7 Å². The molecular formula is C36H43F3N4O6. The topological polar surface area (TPSA) is 111 Å². The van der Waals surface area contributed by atoms with Crippen molar-refractivity contribution in [1.29, 1.82) is 0 Å². The highest BCUT2D eigenvalue weighted by Crippen LogP contribution is 2.40. The fraction of sp³-hybridized carbons (Fsp3) is 0.472. The predicted molar refractivity (Wildman–Crippen MR) is 175 cm³/mol. The summed E-state index contributed by atoms with van der Waals surface area (Å²) in [5, 5.41) is 0. The highest BCUT2D eigenvalue weighted by molar-refractivity contribution is 5.84. The Morgan fingerprint density at radius 2 is 1.73 bits per heavy atom. The van der Waals surface area contributed by atoms with Gasteiger partial charge in [-0.1, -0.05) is 44.2 Å². The van der Waals surface area contributed by atoms with E-state index < -0.39 is 64.9 Å². The van der Waals surface area contributed by atoms with Gasteiger partial charge in [0.05, 0.1) is 12.2 Å². The van der Waals surface area contributed by atoms with E-state index in [-0.39, 0.29) is 43.3 Å². The molecule has 2 amide bonds. The molecule has 2 heterocycles. The van der Waals surface area contributed by atoms with Crippen LogP contribution >= 0.6 is 0 Å². The highest BCUT2D eigenvalue weighted by atomic mass is 19.1. The molecule has 1 aliphatic rings. The number of imidazole rings is 1. The van der Waals surface area contributed by atoms with Crippen LogP contribution < -0.4 is 0 Å². The van der Waals surface area contributed by atoms with Gasteiger partial charge in [-0.15, -0.1) is 0 Å². The van der Waals surface area contributed by atoms with Crippen LogP contribution in [-0.2, 0) is 30.4 Å². The average molecular weight is 685 g/mol. The molecule has 49 heavy (non-hydrogen) atoms. The maximum absolute atomic E-state index is 15.7. The monoisotopic (exact) mass is 684 g/mol. The number of carbonyl (C=O) groups excluding carboxylic acids is 4. The first-order chi connectivity index (χ1) is 22.9. The number of amides is 2. The summed E-state index contributed by atoms with van der Waals surface area (Å²) in [5.74, 6) is -3.72. The van der Waals surface area contributed by atoms with Gasteiger partial charge in [-0.25, -0.2) is 22.9 Å². The zero-order valence-electron chi connectivity index (χ0n) is 28.8. The fourth-order valence-corrected chi connectivity index (χ4v) is 5.90. The van der Waals surface area contributed by atoms with Gasteiger partial charge < -0.3 is 28.6 Å². The number of aldehydes is 1. The normalized spacial score (nSPS) is 17.7. The molecule has 0 unspecified atom stereocenters. The van der Waals surface area contributed by atoms with Crippen molar-refractivity contribution in [3.63, 3.8) is 0 Å². The van der Waals surface area contributed by atoms with Crippen LogP contribution in [0.5, 0.6) is 0 Å². The predicted octanol–water partition coefficient (Wildman–Crippen LogP) is 6.13. The van der Waals surface area contributed by atoms with Crippen molar-refractivity contribution < 1.29 is 41.8 Å². The summed E-state index contributed by atoms with van der Waals surface area (Å²) >= 11 is 0. The number of benzene rings is 2. The van der Waals surface area contributed by atoms with Crippen molar-refractivity contribution in [3.8, 4) is 11.3 Å². The van der Waals surface area contributed by atoms with Crippen molar-refractivity contribution in [1.82, 2.24) is 19.4 Å². The van der Waals surface area contributed by atoms with E-state index in [2.05, 4.69) is 0 Å². The van der Waals surface area contributed by atoms with Crippen molar-refractivity contribution >= 4 is 24.3 Å². The van der Waals surface area contributed by atoms with Gasteiger partial charge in [-0.05, 0) is 51.5 Å². The largest absolute Gasteiger partial charge is 0.453 e. The molecule has 13 heteroatoms. The van der Waals surface area contributed by atoms with Crippen molar-refractivity contribution in [3.05, 3.63) is 77.8 Å². The first kappa shape index (κ1) is 37.1. The fourth-order valence-electron chi connectivity index (χ4n) is 5.90. The van der Waals surface area contributed by atoms with Crippen LogP contribution in [0.4, 0.5) is 18.0 Å². The van der Waals surface area contributed by atoms with Crippen molar-refractivity contribution in [2.24, 2.45) is 11.3 Å². The summed E-state index contributed by atoms with van der Waals surface area (Å²) in [4.78, 5) is 59.0. The van der Waals surface area contributed by atoms with E-state index in [0.29, 0.717) is 6.29 Å². The van der Waals surface area contributed by atoms with Crippen LogP contribution in [-0.4, -0.2) is 81.1 Å². The Labute approximate surface area is 284 Å². The summed E-state index contributed by atoms with van der Waals surface area (Å²) < 4.78 is 57.5. The number of likely N-dealkylation sites (tertiary alicyclic amines) is 1. The molecule has 1 aromatic heterocycles. The number of hydrogen-bond donors (Lipinski definition) is 0. The molecule has 1 fully saturated rings. The quantitative estimate of drug-likeness (QED) is 0.177. The molecule has 1 aliphatic heterocycles. The SMILES string of the molecule is CC(=O)O[C@@H](C)C(=O)N(C[C@@H]1CN(C(=O)OC(C)(C)C)C[C@@H]1F)[C@@H](c1nc(-c2cc(F)ccc2F)cn1Cc1ccccc1)C(C)(C)C=O. The molecule has 4 rings (SSSR count). The second-order valence-electron chi connectivity index (χ2n) is 14.0. The van der Waals surface area contributed by atoms with Crippen LogP contribution in [0, 0.1) is 23.0 Å². The molecule has 4 atom stereocenters. The van der Waals surface area contributed by atoms with Gasteiger partial charge in [0.1, 0.15) is 41.6 Å². The first-order valence-electron chi connectivity index (χ1n) is 16.0. The maximum atomic E-state index is 15.7. The van der Waals surface area contributed by atoms with Gasteiger partial charge in [0.2, 0.25) is 0 Å². The second kappa shape index (κ2) is 14.8. The number of rotatable bonds is 11. The highest BCUT2D eigenvalue weighted by Gasteiger charge is 2.46. The number of carbonyl (C=O) groups is 4. The molecular weight excluding hydrogens is 641 g/mol. The van der Waals surface area contributed by atoms with Gasteiger partial charge in [0.25, 0.3) is 5.91 Å². The maximum Gasteiger partial charge on any atom is 0.410 e. The smallest absolute Gasteiger partial charge is 0.410 e. The lowest BCUT2D eigenvalue weighted by Crippen LogP contribution is -2.50. The number of ether oxygens (including phenoxy) is 2. The van der Waals surface area contributed by atoms with E-state index in [9.17, 15) is 23.6 Å². The van der Waals surface area contributed by atoms with Gasteiger partial charge in [-0.3, -0.25) is 9.59 Å². The molecule has 0 saturated carbocycles. The van der Waals surface area contributed by atoms with E-state index >= 15 is 8.78 Å². The molecule has 0 aliphatic carbocycles. The lowest BCUT2D eigenvalue weighted by Gasteiger charge is -2.41. The van der Waals surface area contributed by atoms with Crippen molar-refractivity contribution in [2.45, 2.75) is 78.9 Å². The average Bonchev–Trinajstić information content (AvgIpc) is 3.59. The molecule has 0 bridgehead atoms. The van der Waals surface area contributed by atoms with E-state index in [0.717, 1.165) is 30.7 Å². The van der Waals surface area contributed by atoms with Crippen molar-refractivity contribution in [2.75, 3.05) is 19.6 Å². The third-order valence-corrected chi connectivity index (χ3v) is 8.19. The molecule has 0 radical (unpaired) electrons. The Morgan fingerprint density at radius 3 is 2.35 bits per heavy atom. The Bertz CT molecular complexity index is 1670. The van der Waals surface area contributed by atoms with E-state index in [1.54, 1.807) is 39.2 Å².